The molecule has 2 N–H and O–H groups in total. The highest BCUT2D eigenvalue weighted by atomic mass is 16.2. The van der Waals surface area contributed by atoms with Crippen LogP contribution in [0.1, 0.15) is 56.6 Å². The number of rotatable bonds is 7. The van der Waals surface area contributed by atoms with Gasteiger partial charge in [-0.25, -0.2) is 0 Å². The predicted molar refractivity (Wildman–Crippen MR) is 86.6 cm³/mol. The molecule has 0 saturated heterocycles. The Labute approximate surface area is 128 Å². The molecule has 1 aromatic rings. The van der Waals surface area contributed by atoms with Gasteiger partial charge >= 0.3 is 0 Å². The minimum atomic E-state index is 0.288. The summed E-state index contributed by atoms with van der Waals surface area (Å²) in [5.74, 6) is 1.07. The average Bonchev–Trinajstić information content (AvgIpc) is 3.04. The standard InChI is InChI=1S/C18H28N2O/c1-2-20(14-17-10-6-5-9-16(17)13-19)18(21)12-11-15-7-3-4-8-15/h5-6,9-10,15H,2-4,7-8,11-14,19H2,1H3. The van der Waals surface area contributed by atoms with E-state index < -0.39 is 0 Å². The number of carbonyl (C=O) groups is 1. The first-order chi connectivity index (χ1) is 10.2. The first-order valence-corrected chi connectivity index (χ1v) is 8.29. The lowest BCUT2D eigenvalue weighted by atomic mass is 10.0. The Hall–Kier alpha value is -1.35. The second-order valence-corrected chi connectivity index (χ2v) is 6.07. The van der Waals surface area contributed by atoms with Gasteiger partial charge in [0.15, 0.2) is 0 Å². The molecular formula is C18H28N2O. The van der Waals surface area contributed by atoms with Crippen molar-refractivity contribution in [3.8, 4) is 0 Å². The molecule has 21 heavy (non-hydrogen) atoms. The lowest BCUT2D eigenvalue weighted by molar-refractivity contribution is -0.131. The zero-order chi connectivity index (χ0) is 15.1. The molecule has 0 radical (unpaired) electrons. The second kappa shape index (κ2) is 8.18. The van der Waals surface area contributed by atoms with Gasteiger partial charge < -0.3 is 10.6 Å². The van der Waals surface area contributed by atoms with E-state index in [-0.39, 0.29) is 5.91 Å². The van der Waals surface area contributed by atoms with Gasteiger partial charge in [0.25, 0.3) is 0 Å². The number of hydrogen-bond acceptors (Lipinski definition) is 2. The summed E-state index contributed by atoms with van der Waals surface area (Å²) in [7, 11) is 0. The highest BCUT2D eigenvalue weighted by Crippen LogP contribution is 2.28. The molecule has 1 aliphatic rings. The molecule has 1 aromatic carbocycles. The van der Waals surface area contributed by atoms with Gasteiger partial charge in [-0.1, -0.05) is 49.9 Å². The van der Waals surface area contributed by atoms with Crippen LogP contribution in [0.15, 0.2) is 24.3 Å². The van der Waals surface area contributed by atoms with Gasteiger partial charge in [0.05, 0.1) is 0 Å². The molecule has 0 heterocycles. The Morgan fingerprint density at radius 3 is 2.52 bits per heavy atom. The Kier molecular flexibility index (Phi) is 6.24. The summed E-state index contributed by atoms with van der Waals surface area (Å²) in [6, 6.07) is 8.15. The van der Waals surface area contributed by atoms with Crippen molar-refractivity contribution in [3.63, 3.8) is 0 Å². The number of hydrogen-bond donors (Lipinski definition) is 1. The first kappa shape index (κ1) is 16.0. The molecule has 1 fully saturated rings. The lowest BCUT2D eigenvalue weighted by Gasteiger charge is -2.23. The van der Waals surface area contributed by atoms with Crippen LogP contribution in [-0.4, -0.2) is 17.4 Å². The van der Waals surface area contributed by atoms with E-state index >= 15 is 0 Å². The van der Waals surface area contributed by atoms with E-state index in [1.807, 2.05) is 23.1 Å². The normalized spacial score (nSPS) is 15.3. The van der Waals surface area contributed by atoms with Crippen LogP contribution in [0.4, 0.5) is 0 Å². The van der Waals surface area contributed by atoms with Crippen molar-refractivity contribution in [2.75, 3.05) is 6.54 Å². The summed E-state index contributed by atoms with van der Waals surface area (Å²) in [4.78, 5) is 14.4. The maximum absolute atomic E-state index is 12.4. The third-order valence-corrected chi connectivity index (χ3v) is 4.68. The van der Waals surface area contributed by atoms with Gasteiger partial charge in [0, 0.05) is 26.1 Å². The minimum absolute atomic E-state index is 0.288. The van der Waals surface area contributed by atoms with E-state index in [1.165, 1.54) is 31.2 Å². The number of nitrogens with two attached hydrogens (primary N) is 1. The topological polar surface area (TPSA) is 46.3 Å². The van der Waals surface area contributed by atoms with Gasteiger partial charge in [-0.15, -0.1) is 0 Å². The van der Waals surface area contributed by atoms with Crippen LogP contribution in [0.5, 0.6) is 0 Å². The molecular weight excluding hydrogens is 260 g/mol. The van der Waals surface area contributed by atoms with Gasteiger partial charge in [-0.2, -0.15) is 0 Å². The molecule has 1 amide bonds. The van der Waals surface area contributed by atoms with Crippen molar-refractivity contribution < 1.29 is 4.79 Å². The van der Waals surface area contributed by atoms with Gasteiger partial charge in [-0.3, -0.25) is 4.79 Å². The molecule has 0 aromatic heterocycles. The van der Waals surface area contributed by atoms with E-state index in [0.717, 1.165) is 24.4 Å². The number of nitrogens with zero attached hydrogens (tertiary/aromatic N) is 1. The highest BCUT2D eigenvalue weighted by molar-refractivity contribution is 5.76. The predicted octanol–water partition coefficient (Wildman–Crippen LogP) is 3.46. The maximum atomic E-state index is 12.4. The minimum Gasteiger partial charge on any atom is -0.339 e. The third-order valence-electron chi connectivity index (χ3n) is 4.68. The molecule has 1 aliphatic carbocycles. The molecule has 0 unspecified atom stereocenters. The fourth-order valence-corrected chi connectivity index (χ4v) is 3.28. The van der Waals surface area contributed by atoms with Gasteiger partial charge in [0.2, 0.25) is 5.91 Å². The summed E-state index contributed by atoms with van der Waals surface area (Å²) in [5, 5.41) is 0. The largest absolute Gasteiger partial charge is 0.339 e. The average molecular weight is 288 g/mol. The van der Waals surface area contributed by atoms with Crippen molar-refractivity contribution in [2.45, 2.75) is 58.5 Å². The Morgan fingerprint density at radius 2 is 1.90 bits per heavy atom. The molecule has 0 bridgehead atoms. The molecule has 116 valence electrons. The van der Waals surface area contributed by atoms with Crippen molar-refractivity contribution >= 4 is 5.91 Å². The zero-order valence-corrected chi connectivity index (χ0v) is 13.2. The maximum Gasteiger partial charge on any atom is 0.222 e. The quantitative estimate of drug-likeness (QED) is 0.835. The molecule has 3 heteroatoms. The van der Waals surface area contributed by atoms with Gasteiger partial charge in [0.1, 0.15) is 0 Å². The molecule has 0 aliphatic heterocycles. The number of benzene rings is 1. The number of carbonyl (C=O) groups excluding carboxylic acids is 1. The molecule has 3 nitrogen and oxygen atoms in total. The van der Waals surface area contributed by atoms with Crippen molar-refractivity contribution in [1.29, 1.82) is 0 Å². The lowest BCUT2D eigenvalue weighted by Crippen LogP contribution is -2.31. The molecule has 0 spiro atoms. The van der Waals surface area contributed by atoms with Crippen molar-refractivity contribution in [2.24, 2.45) is 11.7 Å². The summed E-state index contributed by atoms with van der Waals surface area (Å²) < 4.78 is 0. The van der Waals surface area contributed by atoms with Crippen LogP contribution < -0.4 is 5.73 Å². The van der Waals surface area contributed by atoms with Crippen LogP contribution in [0, 0.1) is 5.92 Å². The van der Waals surface area contributed by atoms with E-state index in [4.69, 9.17) is 5.73 Å². The second-order valence-electron chi connectivity index (χ2n) is 6.07. The van der Waals surface area contributed by atoms with Crippen LogP contribution in [-0.2, 0) is 17.9 Å². The monoisotopic (exact) mass is 288 g/mol. The summed E-state index contributed by atoms with van der Waals surface area (Å²) in [6.07, 6.45) is 7.09. The van der Waals surface area contributed by atoms with E-state index in [0.29, 0.717) is 19.5 Å². The van der Waals surface area contributed by atoms with Crippen LogP contribution in [0.25, 0.3) is 0 Å². The van der Waals surface area contributed by atoms with Gasteiger partial charge in [-0.05, 0) is 30.4 Å². The molecule has 2 rings (SSSR count). The van der Waals surface area contributed by atoms with E-state index in [9.17, 15) is 4.79 Å². The van der Waals surface area contributed by atoms with Crippen LogP contribution >= 0.6 is 0 Å². The van der Waals surface area contributed by atoms with Crippen molar-refractivity contribution in [1.82, 2.24) is 4.90 Å². The summed E-state index contributed by atoms with van der Waals surface area (Å²) in [5.41, 5.74) is 8.10. The molecule has 1 saturated carbocycles. The van der Waals surface area contributed by atoms with E-state index in [2.05, 4.69) is 13.0 Å². The SMILES string of the molecule is CCN(Cc1ccccc1CN)C(=O)CCC1CCCC1. The fraction of sp³-hybridized carbons (Fsp3) is 0.611. The van der Waals surface area contributed by atoms with E-state index in [1.54, 1.807) is 0 Å². The third kappa shape index (κ3) is 4.57. The van der Waals surface area contributed by atoms with Crippen molar-refractivity contribution in [3.05, 3.63) is 35.4 Å². The highest BCUT2D eigenvalue weighted by Gasteiger charge is 2.19. The Bertz CT molecular complexity index is 452. The van der Waals surface area contributed by atoms with Crippen LogP contribution in [0.3, 0.4) is 0 Å². The smallest absolute Gasteiger partial charge is 0.222 e. The Morgan fingerprint density at radius 1 is 1.24 bits per heavy atom. The summed E-state index contributed by atoms with van der Waals surface area (Å²) >= 11 is 0. The number of amides is 1. The first-order valence-electron chi connectivity index (χ1n) is 8.29. The van der Waals surface area contributed by atoms with Crippen LogP contribution in [0.2, 0.25) is 0 Å². The molecule has 0 atom stereocenters. The summed E-state index contributed by atoms with van der Waals surface area (Å²) in [6.45, 7) is 4.04. The fourth-order valence-electron chi connectivity index (χ4n) is 3.28. The zero-order valence-electron chi connectivity index (χ0n) is 13.2. The Balaban J connectivity index is 1.90.